The summed E-state index contributed by atoms with van der Waals surface area (Å²) in [5, 5.41) is 5.06. The van der Waals surface area contributed by atoms with Crippen LogP contribution in [0.4, 0.5) is 0 Å². The molecule has 2 aliphatic heterocycles. The van der Waals surface area contributed by atoms with Gasteiger partial charge < -0.3 is 4.84 Å². The fourth-order valence-electron chi connectivity index (χ4n) is 2.82. The molecule has 4 heteroatoms. The molecule has 94 valence electrons. The number of rotatable bonds is 4. The van der Waals surface area contributed by atoms with Crippen LogP contribution >= 0.6 is 11.6 Å². The maximum Gasteiger partial charge on any atom is 0.120 e. The molecule has 0 N–H and O–H groups in total. The summed E-state index contributed by atoms with van der Waals surface area (Å²) >= 11 is 6.34. The lowest BCUT2D eigenvalue weighted by molar-refractivity contribution is 0.135. The summed E-state index contributed by atoms with van der Waals surface area (Å²) in [5.74, 6) is 0.751. The van der Waals surface area contributed by atoms with E-state index in [-0.39, 0.29) is 0 Å². The molecular formula is C13H19ClN2O. The monoisotopic (exact) mass is 254 g/mol. The fourth-order valence-corrected chi connectivity index (χ4v) is 3.17. The number of hydrogen-bond acceptors (Lipinski definition) is 3. The van der Waals surface area contributed by atoms with Crippen LogP contribution in [0.3, 0.4) is 0 Å². The quantitative estimate of drug-likeness (QED) is 0.569. The van der Waals surface area contributed by atoms with Gasteiger partial charge in [-0.15, -0.1) is 0 Å². The van der Waals surface area contributed by atoms with E-state index in [1.807, 2.05) is 6.21 Å². The Bertz CT molecular complexity index is 362. The third-order valence-electron chi connectivity index (χ3n) is 4.20. The Kier molecular flexibility index (Phi) is 3.14. The van der Waals surface area contributed by atoms with E-state index in [4.69, 9.17) is 16.4 Å². The predicted molar refractivity (Wildman–Crippen MR) is 69.2 cm³/mol. The van der Waals surface area contributed by atoms with Crippen molar-refractivity contribution < 1.29 is 4.84 Å². The Morgan fingerprint density at radius 2 is 2.24 bits per heavy atom. The van der Waals surface area contributed by atoms with E-state index in [9.17, 15) is 0 Å². The van der Waals surface area contributed by atoms with Crippen LogP contribution in [-0.4, -0.2) is 36.9 Å². The zero-order valence-corrected chi connectivity index (χ0v) is 11.0. The molecule has 2 bridgehead atoms. The van der Waals surface area contributed by atoms with Gasteiger partial charge in [0.25, 0.3) is 0 Å². The van der Waals surface area contributed by atoms with Crippen LogP contribution in [0, 0.1) is 5.92 Å². The molecule has 0 spiro atoms. The van der Waals surface area contributed by atoms with Crippen LogP contribution < -0.4 is 0 Å². The minimum Gasteiger partial charge on any atom is -0.396 e. The first-order valence-corrected chi connectivity index (χ1v) is 6.89. The lowest BCUT2D eigenvalue weighted by atomic mass is 10.0. The normalized spacial score (nSPS) is 33.8. The first kappa shape index (κ1) is 11.5. The van der Waals surface area contributed by atoms with Crippen LogP contribution in [0.1, 0.15) is 32.1 Å². The van der Waals surface area contributed by atoms with Crippen molar-refractivity contribution in [1.29, 1.82) is 0 Å². The van der Waals surface area contributed by atoms with Gasteiger partial charge in [-0.25, -0.2) is 0 Å². The average Bonchev–Trinajstić information content (AvgIpc) is 3.07. The molecule has 0 aromatic rings. The smallest absolute Gasteiger partial charge is 0.120 e. The highest BCUT2D eigenvalue weighted by molar-refractivity contribution is 6.31. The van der Waals surface area contributed by atoms with E-state index in [1.54, 1.807) is 0 Å². The summed E-state index contributed by atoms with van der Waals surface area (Å²) in [4.78, 5) is 7.73. The van der Waals surface area contributed by atoms with Crippen molar-refractivity contribution in [3.8, 4) is 0 Å². The molecule has 2 fully saturated rings. The van der Waals surface area contributed by atoms with Crippen molar-refractivity contribution in [2.75, 3.05) is 13.7 Å². The Morgan fingerprint density at radius 3 is 3.00 bits per heavy atom. The largest absolute Gasteiger partial charge is 0.396 e. The summed E-state index contributed by atoms with van der Waals surface area (Å²) < 4.78 is 0. The molecule has 0 amide bonds. The highest BCUT2D eigenvalue weighted by Gasteiger charge is 2.38. The topological polar surface area (TPSA) is 24.8 Å². The SMILES string of the molecule is CN1C2CCC1C(C=NOCC1CC1)=C(Cl)C2. The molecule has 0 aromatic carbocycles. The second-order valence-corrected chi connectivity index (χ2v) is 5.91. The minimum absolute atomic E-state index is 0.453. The molecular weight excluding hydrogens is 236 g/mol. The van der Waals surface area contributed by atoms with Crippen LogP contribution in [-0.2, 0) is 4.84 Å². The number of halogens is 1. The van der Waals surface area contributed by atoms with Crippen LogP contribution in [0.15, 0.2) is 15.8 Å². The Morgan fingerprint density at radius 1 is 1.41 bits per heavy atom. The number of hydrogen-bond donors (Lipinski definition) is 0. The van der Waals surface area contributed by atoms with Crippen molar-refractivity contribution in [2.24, 2.45) is 11.1 Å². The van der Waals surface area contributed by atoms with E-state index in [2.05, 4.69) is 17.1 Å². The van der Waals surface area contributed by atoms with Gasteiger partial charge in [0.05, 0.1) is 6.21 Å². The summed E-state index contributed by atoms with van der Waals surface area (Å²) in [6.07, 6.45) is 7.85. The van der Waals surface area contributed by atoms with Crippen LogP contribution in [0.5, 0.6) is 0 Å². The molecule has 2 atom stereocenters. The van der Waals surface area contributed by atoms with E-state index < -0.39 is 0 Å². The lowest BCUT2D eigenvalue weighted by Gasteiger charge is -2.31. The molecule has 0 radical (unpaired) electrons. The second-order valence-electron chi connectivity index (χ2n) is 5.45. The molecule has 1 saturated carbocycles. The fraction of sp³-hybridized carbons (Fsp3) is 0.769. The first-order chi connectivity index (χ1) is 8.25. The first-order valence-electron chi connectivity index (χ1n) is 6.51. The zero-order valence-electron chi connectivity index (χ0n) is 10.2. The van der Waals surface area contributed by atoms with Crippen molar-refractivity contribution in [1.82, 2.24) is 4.90 Å². The van der Waals surface area contributed by atoms with Crippen LogP contribution in [0.2, 0.25) is 0 Å². The average molecular weight is 255 g/mol. The van der Waals surface area contributed by atoms with E-state index in [1.165, 1.54) is 31.3 Å². The Hall–Kier alpha value is -0.540. The number of likely N-dealkylation sites (N-methyl/N-ethyl adjacent to an activating group) is 1. The summed E-state index contributed by atoms with van der Waals surface area (Å²) in [6.45, 7) is 0.768. The van der Waals surface area contributed by atoms with Gasteiger partial charge in [-0.2, -0.15) is 0 Å². The number of oxime groups is 1. The molecule has 3 aliphatic rings. The lowest BCUT2D eigenvalue weighted by Crippen LogP contribution is -2.37. The van der Waals surface area contributed by atoms with Gasteiger partial charge in [0.1, 0.15) is 6.61 Å². The molecule has 1 saturated heterocycles. The van der Waals surface area contributed by atoms with E-state index >= 15 is 0 Å². The van der Waals surface area contributed by atoms with Gasteiger partial charge in [-0.1, -0.05) is 16.8 Å². The Balaban J connectivity index is 1.63. The molecule has 1 aliphatic carbocycles. The van der Waals surface area contributed by atoms with Gasteiger partial charge in [0.15, 0.2) is 0 Å². The van der Waals surface area contributed by atoms with Crippen molar-refractivity contribution in [2.45, 2.75) is 44.2 Å². The second kappa shape index (κ2) is 4.62. The van der Waals surface area contributed by atoms with Gasteiger partial charge in [0, 0.05) is 22.7 Å². The molecule has 0 aromatic heterocycles. The maximum absolute atomic E-state index is 6.34. The third kappa shape index (κ3) is 2.36. The number of nitrogens with zero attached hydrogens (tertiary/aromatic N) is 2. The molecule has 2 heterocycles. The van der Waals surface area contributed by atoms with E-state index in [0.29, 0.717) is 12.1 Å². The van der Waals surface area contributed by atoms with Crippen molar-refractivity contribution in [3.63, 3.8) is 0 Å². The van der Waals surface area contributed by atoms with E-state index in [0.717, 1.165) is 24.0 Å². The molecule has 2 unspecified atom stereocenters. The number of fused-ring (bicyclic) bond motifs is 2. The van der Waals surface area contributed by atoms with Gasteiger partial charge in [-0.05, 0) is 45.1 Å². The van der Waals surface area contributed by atoms with Gasteiger partial charge in [-0.3, -0.25) is 4.90 Å². The highest BCUT2D eigenvalue weighted by Crippen LogP contribution is 2.38. The van der Waals surface area contributed by atoms with Crippen molar-refractivity contribution in [3.05, 3.63) is 10.6 Å². The highest BCUT2D eigenvalue weighted by atomic mass is 35.5. The third-order valence-corrected chi connectivity index (χ3v) is 4.57. The van der Waals surface area contributed by atoms with Crippen molar-refractivity contribution >= 4 is 17.8 Å². The molecule has 3 nitrogen and oxygen atoms in total. The Labute approximate surface area is 107 Å². The zero-order chi connectivity index (χ0) is 11.8. The van der Waals surface area contributed by atoms with Gasteiger partial charge in [0.2, 0.25) is 0 Å². The van der Waals surface area contributed by atoms with Gasteiger partial charge >= 0.3 is 0 Å². The summed E-state index contributed by atoms with van der Waals surface area (Å²) in [7, 11) is 2.19. The molecule has 17 heavy (non-hydrogen) atoms. The standard InChI is InChI=1S/C13H19ClN2O/c1-16-10-4-5-13(16)11(12(14)6-10)7-15-17-8-9-2-3-9/h7,9-10,13H,2-6,8H2,1H3. The maximum atomic E-state index is 6.34. The summed E-state index contributed by atoms with van der Waals surface area (Å²) in [6, 6.07) is 1.09. The predicted octanol–water partition coefficient (Wildman–Crippen LogP) is 2.76. The minimum atomic E-state index is 0.453. The summed E-state index contributed by atoms with van der Waals surface area (Å²) in [5.41, 5.74) is 1.17. The van der Waals surface area contributed by atoms with Crippen LogP contribution in [0.25, 0.3) is 0 Å². The molecule has 3 rings (SSSR count).